The Morgan fingerprint density at radius 1 is 1.35 bits per heavy atom. The van der Waals surface area contributed by atoms with Gasteiger partial charge in [0.2, 0.25) is 5.91 Å². The van der Waals surface area contributed by atoms with E-state index in [4.69, 9.17) is 15.5 Å². The average molecular weight is 329 g/mol. The van der Waals surface area contributed by atoms with E-state index in [9.17, 15) is 4.79 Å². The molecule has 2 aromatic rings. The first-order valence-electron chi connectivity index (χ1n) is 7.96. The van der Waals surface area contributed by atoms with Gasteiger partial charge in [0.15, 0.2) is 5.13 Å². The third kappa shape index (κ3) is 2.79. The molecule has 5 nitrogen and oxygen atoms in total. The minimum atomic E-state index is -0.178. The molecule has 1 aromatic heterocycles. The number of rotatable bonds is 3. The molecule has 6 heteroatoms. The second-order valence-corrected chi connectivity index (χ2v) is 6.94. The van der Waals surface area contributed by atoms with E-state index in [0.29, 0.717) is 0 Å². The zero-order valence-electron chi connectivity index (χ0n) is 12.8. The van der Waals surface area contributed by atoms with Gasteiger partial charge in [0.05, 0.1) is 12.3 Å². The van der Waals surface area contributed by atoms with Gasteiger partial charge in [0, 0.05) is 36.4 Å². The summed E-state index contributed by atoms with van der Waals surface area (Å²) in [5.74, 6) is 0.821. The van der Waals surface area contributed by atoms with E-state index >= 15 is 0 Å². The number of hydrogen-bond donors (Lipinski definition) is 1. The van der Waals surface area contributed by atoms with Crippen molar-refractivity contribution in [2.24, 2.45) is 11.7 Å². The lowest BCUT2D eigenvalue weighted by Gasteiger charge is -2.30. The average Bonchev–Trinajstić information content (AvgIpc) is 3.23. The fraction of sp³-hybridized carbons (Fsp3) is 0.412. The van der Waals surface area contributed by atoms with Crippen LogP contribution in [0.4, 0.5) is 5.13 Å². The normalized spacial score (nSPS) is 17.8. The predicted octanol–water partition coefficient (Wildman–Crippen LogP) is 2.45. The van der Waals surface area contributed by atoms with Gasteiger partial charge in [-0.15, -0.1) is 11.3 Å². The maximum absolute atomic E-state index is 11.3. The monoisotopic (exact) mass is 329 g/mol. The van der Waals surface area contributed by atoms with Crippen LogP contribution in [0.2, 0.25) is 0 Å². The lowest BCUT2D eigenvalue weighted by atomic mass is 9.97. The Balaban J connectivity index is 1.50. The molecule has 2 N–H and O–H groups in total. The van der Waals surface area contributed by atoms with Gasteiger partial charge in [-0.1, -0.05) is 12.1 Å². The van der Waals surface area contributed by atoms with Crippen molar-refractivity contribution < 1.29 is 9.53 Å². The molecule has 0 aliphatic carbocycles. The molecule has 1 fully saturated rings. The third-order valence-corrected chi connectivity index (χ3v) is 5.55. The number of amides is 1. The van der Waals surface area contributed by atoms with Gasteiger partial charge < -0.3 is 15.4 Å². The number of carbonyl (C=O) groups is 1. The van der Waals surface area contributed by atoms with Crippen LogP contribution in [0, 0.1) is 5.92 Å². The first-order valence-corrected chi connectivity index (χ1v) is 8.84. The maximum atomic E-state index is 11.3. The maximum Gasteiger partial charge on any atom is 0.220 e. The van der Waals surface area contributed by atoms with Gasteiger partial charge in [0.25, 0.3) is 0 Å². The Morgan fingerprint density at radius 3 is 2.96 bits per heavy atom. The number of carbonyl (C=O) groups excluding carboxylic acids is 1. The fourth-order valence-corrected chi connectivity index (χ4v) is 4.11. The highest BCUT2D eigenvalue weighted by molar-refractivity contribution is 7.14. The lowest BCUT2D eigenvalue weighted by Crippen LogP contribution is -2.38. The SMILES string of the molecule is NC(=O)C1CCN(c2nc(-c3ccc4c(c3)OCC4)cs2)CC1. The minimum absolute atomic E-state index is 0.0135. The second kappa shape index (κ2) is 5.85. The Hall–Kier alpha value is -2.08. The number of nitrogens with two attached hydrogens (primary N) is 1. The summed E-state index contributed by atoms with van der Waals surface area (Å²) < 4.78 is 5.64. The van der Waals surface area contributed by atoms with Crippen LogP contribution in [0.15, 0.2) is 23.6 Å². The topological polar surface area (TPSA) is 68.5 Å². The van der Waals surface area contributed by atoms with Crippen LogP contribution in [0.25, 0.3) is 11.3 Å². The molecule has 0 atom stereocenters. The summed E-state index contributed by atoms with van der Waals surface area (Å²) in [7, 11) is 0. The first kappa shape index (κ1) is 14.5. The molecule has 0 bridgehead atoms. The number of ether oxygens (including phenoxy) is 1. The number of thiazole rings is 1. The van der Waals surface area contributed by atoms with E-state index in [1.54, 1.807) is 11.3 Å². The van der Waals surface area contributed by atoms with Crippen LogP contribution in [-0.2, 0) is 11.2 Å². The van der Waals surface area contributed by atoms with Crippen LogP contribution >= 0.6 is 11.3 Å². The molecule has 3 heterocycles. The quantitative estimate of drug-likeness (QED) is 0.939. The molecular formula is C17H19N3O2S. The lowest BCUT2D eigenvalue weighted by molar-refractivity contribution is -0.122. The van der Waals surface area contributed by atoms with Gasteiger partial charge in [-0.25, -0.2) is 4.98 Å². The molecule has 0 spiro atoms. The Kier molecular flexibility index (Phi) is 3.69. The highest BCUT2D eigenvalue weighted by atomic mass is 32.1. The van der Waals surface area contributed by atoms with Gasteiger partial charge in [-0.2, -0.15) is 0 Å². The van der Waals surface area contributed by atoms with Crippen molar-refractivity contribution >= 4 is 22.4 Å². The van der Waals surface area contributed by atoms with Crippen molar-refractivity contribution in [2.75, 3.05) is 24.6 Å². The van der Waals surface area contributed by atoms with Gasteiger partial charge in [0.1, 0.15) is 5.75 Å². The summed E-state index contributed by atoms with van der Waals surface area (Å²) in [5, 5.41) is 3.11. The molecule has 2 aliphatic heterocycles. The van der Waals surface area contributed by atoms with E-state index < -0.39 is 0 Å². The highest BCUT2D eigenvalue weighted by Gasteiger charge is 2.24. The first-order chi connectivity index (χ1) is 11.2. The summed E-state index contributed by atoms with van der Waals surface area (Å²) in [6.07, 6.45) is 2.63. The van der Waals surface area contributed by atoms with Crippen LogP contribution in [0.1, 0.15) is 18.4 Å². The van der Waals surface area contributed by atoms with Crippen molar-refractivity contribution in [1.29, 1.82) is 0 Å². The highest BCUT2D eigenvalue weighted by Crippen LogP contribution is 2.34. The summed E-state index contributed by atoms with van der Waals surface area (Å²) in [6.45, 7) is 2.46. The van der Waals surface area contributed by atoms with Gasteiger partial charge >= 0.3 is 0 Å². The predicted molar refractivity (Wildman–Crippen MR) is 90.9 cm³/mol. The van der Waals surface area contributed by atoms with Gasteiger partial charge in [-0.3, -0.25) is 4.79 Å². The second-order valence-electron chi connectivity index (χ2n) is 6.10. The number of anilines is 1. The largest absolute Gasteiger partial charge is 0.493 e. The smallest absolute Gasteiger partial charge is 0.220 e. The van der Waals surface area contributed by atoms with Crippen LogP contribution in [-0.4, -0.2) is 30.6 Å². The van der Waals surface area contributed by atoms with Crippen LogP contribution in [0.3, 0.4) is 0 Å². The molecule has 0 radical (unpaired) electrons. The van der Waals surface area contributed by atoms with Crippen molar-refractivity contribution in [3.8, 4) is 17.0 Å². The zero-order valence-corrected chi connectivity index (χ0v) is 13.6. The molecule has 2 aliphatic rings. The molecule has 1 aromatic carbocycles. The molecule has 120 valence electrons. The minimum Gasteiger partial charge on any atom is -0.493 e. The van der Waals surface area contributed by atoms with Crippen molar-refractivity contribution in [3.05, 3.63) is 29.1 Å². The molecule has 0 saturated carbocycles. The summed E-state index contributed by atoms with van der Waals surface area (Å²) in [4.78, 5) is 18.3. The number of benzene rings is 1. The van der Waals surface area contributed by atoms with E-state index in [2.05, 4.69) is 28.5 Å². The zero-order chi connectivity index (χ0) is 15.8. The van der Waals surface area contributed by atoms with Crippen LogP contribution < -0.4 is 15.4 Å². The van der Waals surface area contributed by atoms with E-state index in [-0.39, 0.29) is 11.8 Å². The molecule has 4 rings (SSSR count). The van der Waals surface area contributed by atoms with Crippen molar-refractivity contribution in [3.63, 3.8) is 0 Å². The van der Waals surface area contributed by atoms with Crippen molar-refractivity contribution in [1.82, 2.24) is 4.98 Å². The number of hydrogen-bond acceptors (Lipinski definition) is 5. The fourth-order valence-electron chi connectivity index (χ4n) is 3.22. The summed E-state index contributed by atoms with van der Waals surface area (Å²) in [5.41, 5.74) is 8.75. The van der Waals surface area contributed by atoms with E-state index in [1.165, 1.54) is 5.56 Å². The number of fused-ring (bicyclic) bond motifs is 1. The number of primary amides is 1. The molecule has 1 amide bonds. The Bertz CT molecular complexity index is 735. The molecule has 1 saturated heterocycles. The number of aromatic nitrogens is 1. The summed E-state index contributed by atoms with van der Waals surface area (Å²) >= 11 is 1.65. The van der Waals surface area contributed by atoms with Gasteiger partial charge in [-0.05, 0) is 24.5 Å². The number of piperidine rings is 1. The van der Waals surface area contributed by atoms with E-state index in [1.807, 2.05) is 0 Å². The third-order valence-electron chi connectivity index (χ3n) is 4.65. The molecule has 0 unspecified atom stereocenters. The number of nitrogens with zero attached hydrogens (tertiary/aromatic N) is 2. The standard InChI is InChI=1S/C17H19N3O2S/c18-16(21)12-3-6-20(7-4-12)17-19-14(10-23-17)13-2-1-11-5-8-22-15(11)9-13/h1-2,9-10,12H,3-8H2,(H2,18,21). The summed E-state index contributed by atoms with van der Waals surface area (Å²) in [6, 6.07) is 6.33. The van der Waals surface area contributed by atoms with Crippen LogP contribution in [0.5, 0.6) is 5.75 Å². The van der Waals surface area contributed by atoms with Crippen molar-refractivity contribution in [2.45, 2.75) is 19.3 Å². The molecular weight excluding hydrogens is 310 g/mol. The molecule has 23 heavy (non-hydrogen) atoms. The Labute approximate surface area is 139 Å². The Morgan fingerprint density at radius 2 is 2.17 bits per heavy atom. The van der Waals surface area contributed by atoms with E-state index in [0.717, 1.165) is 61.1 Å².